The van der Waals surface area contributed by atoms with Crippen LogP contribution in [0.4, 0.5) is 0 Å². The Hall–Kier alpha value is -1.42. The highest BCUT2D eigenvalue weighted by Gasteiger charge is 2.09. The molecule has 0 bridgehead atoms. The van der Waals surface area contributed by atoms with Gasteiger partial charge in [-0.3, -0.25) is 4.79 Å². The van der Waals surface area contributed by atoms with Gasteiger partial charge in [0.05, 0.1) is 17.3 Å². The third-order valence-electron chi connectivity index (χ3n) is 1.77. The van der Waals surface area contributed by atoms with Gasteiger partial charge in [0.15, 0.2) is 5.78 Å². The first kappa shape index (κ1) is 8.19. The summed E-state index contributed by atoms with van der Waals surface area (Å²) in [7, 11) is 0. The van der Waals surface area contributed by atoms with Gasteiger partial charge in [-0.05, 0) is 18.5 Å². The molecule has 0 aromatic carbocycles. The Morgan fingerprint density at radius 3 is 3.08 bits per heavy atom. The predicted octanol–water partition coefficient (Wildman–Crippen LogP) is 1.81. The van der Waals surface area contributed by atoms with Crippen molar-refractivity contribution in [2.45, 2.75) is 6.92 Å². The van der Waals surface area contributed by atoms with Crippen molar-refractivity contribution in [2.75, 3.05) is 0 Å². The van der Waals surface area contributed by atoms with E-state index in [4.69, 9.17) is 11.6 Å². The summed E-state index contributed by atoms with van der Waals surface area (Å²) in [5, 5.41) is 0.148. The van der Waals surface area contributed by atoms with Gasteiger partial charge in [0.2, 0.25) is 5.28 Å². The van der Waals surface area contributed by atoms with Crippen molar-refractivity contribution >= 4 is 28.4 Å². The molecule has 0 aliphatic heterocycles. The van der Waals surface area contributed by atoms with Crippen molar-refractivity contribution in [2.24, 2.45) is 0 Å². The average molecular weight is 196 g/mol. The molecule has 0 aliphatic carbocycles. The highest BCUT2D eigenvalue weighted by molar-refractivity contribution is 6.28. The Labute approximate surface area is 79.0 Å². The van der Waals surface area contributed by atoms with Gasteiger partial charge < -0.3 is 4.98 Å². The van der Waals surface area contributed by atoms with Gasteiger partial charge in [0.25, 0.3) is 0 Å². The van der Waals surface area contributed by atoms with E-state index in [1.807, 2.05) is 0 Å². The lowest BCUT2D eigenvalue weighted by Gasteiger charge is -1.91. The fraction of sp³-hybridized carbons (Fsp3) is 0.125. The second-order valence-corrected chi connectivity index (χ2v) is 3.00. The smallest absolute Gasteiger partial charge is 0.223 e. The molecule has 0 atom stereocenters. The lowest BCUT2D eigenvalue weighted by atomic mass is 10.2. The fourth-order valence-corrected chi connectivity index (χ4v) is 1.29. The van der Waals surface area contributed by atoms with E-state index in [-0.39, 0.29) is 11.1 Å². The normalized spacial score (nSPS) is 10.6. The van der Waals surface area contributed by atoms with E-state index >= 15 is 0 Å². The number of carbonyl (C=O) groups is 1. The summed E-state index contributed by atoms with van der Waals surface area (Å²) in [6.07, 6.45) is 3.16. The standard InChI is InChI=1S/C8H6ClN3O/c1-4(13)5-2-10-6-3-11-8(9)12-7(5)6/h2-3,10H,1H3. The van der Waals surface area contributed by atoms with Crippen LogP contribution < -0.4 is 0 Å². The number of hydrogen-bond acceptors (Lipinski definition) is 3. The van der Waals surface area contributed by atoms with E-state index in [9.17, 15) is 4.79 Å². The molecule has 5 heteroatoms. The zero-order valence-electron chi connectivity index (χ0n) is 6.84. The number of aromatic amines is 1. The molecule has 0 fully saturated rings. The van der Waals surface area contributed by atoms with Crippen LogP contribution in [0.2, 0.25) is 5.28 Å². The third-order valence-corrected chi connectivity index (χ3v) is 1.95. The van der Waals surface area contributed by atoms with Crippen molar-refractivity contribution in [3.8, 4) is 0 Å². The van der Waals surface area contributed by atoms with Gasteiger partial charge in [0, 0.05) is 6.20 Å². The first-order valence-electron chi connectivity index (χ1n) is 3.69. The molecule has 0 aliphatic rings. The van der Waals surface area contributed by atoms with Crippen LogP contribution in [0.3, 0.4) is 0 Å². The number of rotatable bonds is 1. The molecule has 2 aromatic rings. The summed E-state index contributed by atoms with van der Waals surface area (Å²) in [4.78, 5) is 21.8. The molecule has 0 spiro atoms. The minimum absolute atomic E-state index is 0.0407. The topological polar surface area (TPSA) is 58.6 Å². The van der Waals surface area contributed by atoms with Crippen molar-refractivity contribution in [3.63, 3.8) is 0 Å². The second-order valence-electron chi connectivity index (χ2n) is 2.66. The predicted molar refractivity (Wildman–Crippen MR) is 48.9 cm³/mol. The number of aromatic nitrogens is 3. The van der Waals surface area contributed by atoms with Crippen LogP contribution in [0.25, 0.3) is 11.0 Å². The van der Waals surface area contributed by atoms with E-state index in [0.29, 0.717) is 11.1 Å². The molecule has 2 heterocycles. The van der Waals surface area contributed by atoms with E-state index in [1.54, 1.807) is 12.4 Å². The van der Waals surface area contributed by atoms with Gasteiger partial charge in [-0.15, -0.1) is 0 Å². The lowest BCUT2D eigenvalue weighted by Crippen LogP contribution is -1.91. The van der Waals surface area contributed by atoms with Crippen molar-refractivity contribution in [1.29, 1.82) is 0 Å². The Bertz CT molecular complexity index is 477. The summed E-state index contributed by atoms with van der Waals surface area (Å²) in [5.74, 6) is -0.0407. The van der Waals surface area contributed by atoms with Gasteiger partial charge in [-0.25, -0.2) is 9.97 Å². The highest BCUT2D eigenvalue weighted by Crippen LogP contribution is 2.16. The first-order chi connectivity index (χ1) is 6.18. The van der Waals surface area contributed by atoms with Crippen LogP contribution in [0.1, 0.15) is 17.3 Å². The zero-order valence-corrected chi connectivity index (χ0v) is 7.59. The van der Waals surface area contributed by atoms with E-state index < -0.39 is 0 Å². The van der Waals surface area contributed by atoms with Crippen LogP contribution >= 0.6 is 11.6 Å². The van der Waals surface area contributed by atoms with Gasteiger partial charge >= 0.3 is 0 Å². The molecule has 4 nitrogen and oxygen atoms in total. The van der Waals surface area contributed by atoms with Crippen LogP contribution in [0.15, 0.2) is 12.4 Å². The molecule has 2 rings (SSSR count). The van der Waals surface area contributed by atoms with Gasteiger partial charge in [0.1, 0.15) is 5.52 Å². The van der Waals surface area contributed by atoms with Crippen LogP contribution in [0, 0.1) is 0 Å². The lowest BCUT2D eigenvalue weighted by molar-refractivity contribution is 0.101. The van der Waals surface area contributed by atoms with Crippen LogP contribution in [0.5, 0.6) is 0 Å². The summed E-state index contributed by atoms with van der Waals surface area (Å²) in [5.41, 5.74) is 1.83. The number of carbonyl (C=O) groups excluding carboxylic acids is 1. The molecule has 2 aromatic heterocycles. The van der Waals surface area contributed by atoms with Gasteiger partial charge in [-0.1, -0.05) is 0 Å². The second kappa shape index (κ2) is 2.81. The zero-order chi connectivity index (χ0) is 9.42. The molecule has 0 radical (unpaired) electrons. The van der Waals surface area contributed by atoms with E-state index in [2.05, 4.69) is 15.0 Å². The Kier molecular flexibility index (Phi) is 1.77. The number of ketones is 1. The first-order valence-corrected chi connectivity index (χ1v) is 4.07. The number of Topliss-reactive ketones (excluding diaryl/α,β-unsaturated/α-hetero) is 1. The monoisotopic (exact) mass is 195 g/mol. The molecule has 66 valence electrons. The fourth-order valence-electron chi connectivity index (χ4n) is 1.16. The van der Waals surface area contributed by atoms with Crippen LogP contribution in [-0.4, -0.2) is 20.7 Å². The summed E-state index contributed by atoms with van der Waals surface area (Å²) < 4.78 is 0. The minimum Gasteiger partial charge on any atom is -0.358 e. The molecule has 0 amide bonds. The molecular formula is C8H6ClN3O. The van der Waals surface area contributed by atoms with Gasteiger partial charge in [-0.2, -0.15) is 0 Å². The molecule has 0 saturated heterocycles. The van der Waals surface area contributed by atoms with Crippen molar-refractivity contribution in [1.82, 2.24) is 15.0 Å². The largest absolute Gasteiger partial charge is 0.358 e. The molecule has 13 heavy (non-hydrogen) atoms. The minimum atomic E-state index is -0.0407. The molecule has 0 unspecified atom stereocenters. The number of H-pyrrole nitrogens is 1. The van der Waals surface area contributed by atoms with Crippen molar-refractivity contribution < 1.29 is 4.79 Å². The number of fused-ring (bicyclic) bond motifs is 1. The Balaban J connectivity index is 2.79. The third kappa shape index (κ3) is 1.29. The number of halogens is 1. The number of hydrogen-bond donors (Lipinski definition) is 1. The average Bonchev–Trinajstić information content (AvgIpc) is 2.46. The quantitative estimate of drug-likeness (QED) is 0.558. The Morgan fingerprint density at radius 1 is 1.62 bits per heavy atom. The number of nitrogens with one attached hydrogen (secondary N) is 1. The number of nitrogens with zero attached hydrogens (tertiary/aromatic N) is 2. The maximum atomic E-state index is 11.1. The van der Waals surface area contributed by atoms with Crippen molar-refractivity contribution in [3.05, 3.63) is 23.2 Å². The molecule has 0 saturated carbocycles. The molecular weight excluding hydrogens is 190 g/mol. The van der Waals surface area contributed by atoms with Crippen LogP contribution in [-0.2, 0) is 0 Å². The SMILES string of the molecule is CC(=O)c1c[nH]c2cnc(Cl)nc12. The summed E-state index contributed by atoms with van der Waals surface area (Å²) >= 11 is 5.60. The highest BCUT2D eigenvalue weighted by atomic mass is 35.5. The van der Waals surface area contributed by atoms with E-state index in [1.165, 1.54) is 6.92 Å². The van der Waals surface area contributed by atoms with E-state index in [0.717, 1.165) is 5.52 Å². The maximum absolute atomic E-state index is 11.1. The summed E-state index contributed by atoms with van der Waals surface area (Å²) in [6.45, 7) is 1.48. The maximum Gasteiger partial charge on any atom is 0.223 e. The Morgan fingerprint density at radius 2 is 2.38 bits per heavy atom. The molecule has 1 N–H and O–H groups in total. The summed E-state index contributed by atoms with van der Waals surface area (Å²) in [6, 6.07) is 0.